The van der Waals surface area contributed by atoms with Gasteiger partial charge in [0.25, 0.3) is 0 Å². The quantitative estimate of drug-likeness (QED) is 0.0202. The number of ketones is 8. The van der Waals surface area contributed by atoms with E-state index in [0.29, 0.717) is 107 Å². The van der Waals surface area contributed by atoms with Crippen LogP contribution in [0, 0.1) is 136 Å². The number of likely N-dealkylation sites (tertiary alicyclic amines) is 3. The van der Waals surface area contributed by atoms with Crippen LogP contribution >= 0.6 is 36.6 Å². The van der Waals surface area contributed by atoms with Crippen LogP contribution in [0.2, 0.25) is 0 Å². The van der Waals surface area contributed by atoms with E-state index in [4.69, 9.17) is 22.1 Å². The molecule has 0 bridgehead atoms. The molecule has 3 aliphatic heterocycles. The minimum atomic E-state index is -1.13. The summed E-state index contributed by atoms with van der Waals surface area (Å²) in [6.07, 6.45) is 38.2. The first-order valence-electron chi connectivity index (χ1n) is 56.8. The topological polar surface area (TPSA) is 433 Å². The number of halogens is 3. The Bertz CT molecular complexity index is 4480. The van der Waals surface area contributed by atoms with E-state index < -0.39 is 94.4 Å². The molecule has 3 saturated heterocycles. The number of carbonyl (C=O) groups excluding carboxylic acids is 11. The molecule has 12 aliphatic carbocycles. The molecule has 3 heterocycles. The first-order valence-corrected chi connectivity index (χ1v) is 57.1. The van der Waals surface area contributed by atoms with E-state index in [0.717, 1.165) is 148 Å². The Balaban J connectivity index is 0.000000223. The molecule has 15 fully saturated rings. The van der Waals surface area contributed by atoms with Crippen LogP contribution in [0.4, 0.5) is 0 Å². The first-order chi connectivity index (χ1) is 67.1. The number of aliphatic hydroxyl groups is 3. The van der Waals surface area contributed by atoms with Gasteiger partial charge in [0.05, 0.1) is 48.0 Å². The third kappa shape index (κ3) is 25.8. The predicted molar refractivity (Wildman–Crippen MR) is 571 cm³/mol. The van der Waals surface area contributed by atoms with Crippen LogP contribution in [0.15, 0.2) is 15.1 Å². The fourth-order valence-electron chi connectivity index (χ4n) is 30.8. The number of carbonyl (C=O) groups is 12. The zero-order chi connectivity index (χ0) is 106. The SMILES string of the molecule is CCC[C@H](CC(=O)[C@@H]1C[C@@]2(CN1C(=O)[C@@H](CC(=O)[C@@H](N)C1CCCCC1)C(C)(C)C)C(C)(C)C21CCC1)C(O)C(=O)CC1CC1.CCC[C@H](CC(=O)[C@@H]1C[C@@]2(CN1C(=O)[C@@H](CC(=O)[C@@H](NC)C1CCCCC1)C(C)(C)C)C(C)(C)C21CCC1)C(O)C(=O)CC1CC1.CCC[C@H](CC(=O)[C@@H]1C[C@@]2(CN1C(=O)[C@@H](N)C(C)(C)C)C(C)(C)C21CCC1)C(O)C(=O)CC1CC1.CN[C@H](C(=O)O)C1CCCCC1.Cl.Cl.N=NN=NCl. The molecule has 12 saturated carbocycles. The van der Waals surface area contributed by atoms with Crippen molar-refractivity contribution in [3.05, 3.63) is 0 Å². The molecular formula is C115H194Cl3N11O16. The lowest BCUT2D eigenvalue weighted by atomic mass is 9.73. The van der Waals surface area contributed by atoms with Crippen molar-refractivity contribution in [2.24, 2.45) is 157 Å². The maximum absolute atomic E-state index is 14.9. The van der Waals surface area contributed by atoms with Crippen LogP contribution < -0.4 is 22.1 Å². The molecular weight excluding hydrogens is 1900 g/mol. The number of fused-ring (bicyclic) bond motifs is 3. The Kier molecular flexibility index (Phi) is 42.6. The summed E-state index contributed by atoms with van der Waals surface area (Å²) in [6, 6.07) is -3.47. The molecule has 0 aromatic rings. The van der Waals surface area contributed by atoms with Crippen molar-refractivity contribution in [3.8, 4) is 0 Å². The highest BCUT2D eigenvalue weighted by molar-refractivity contribution is 6.13. The predicted octanol–water partition coefficient (Wildman–Crippen LogP) is 21.0. The lowest BCUT2D eigenvalue weighted by Crippen LogP contribution is -2.53. The normalized spacial score (nSPS) is 28.4. The number of nitrogens with two attached hydrogens (primary N) is 2. The number of amides is 3. The summed E-state index contributed by atoms with van der Waals surface area (Å²) in [7, 11) is 3.60. The summed E-state index contributed by atoms with van der Waals surface area (Å²) >= 11 is 4.55. The van der Waals surface area contributed by atoms with E-state index in [-0.39, 0.29) is 194 Å². The molecule has 145 heavy (non-hydrogen) atoms. The second-order valence-corrected chi connectivity index (χ2v) is 53.3. The summed E-state index contributed by atoms with van der Waals surface area (Å²) in [6.45, 7) is 39.8. The number of carboxylic acids is 1. The van der Waals surface area contributed by atoms with Crippen LogP contribution in [-0.2, 0) is 57.5 Å². The van der Waals surface area contributed by atoms with Gasteiger partial charge in [-0.2, -0.15) is 5.53 Å². The van der Waals surface area contributed by atoms with Crippen molar-refractivity contribution >= 4 is 107 Å². The summed E-state index contributed by atoms with van der Waals surface area (Å²) in [5, 5.41) is 53.2. The number of likely N-dealkylation sites (N-methyl/N-ethyl adjacent to an activating group) is 2. The highest BCUT2D eigenvalue weighted by Gasteiger charge is 2.88. The van der Waals surface area contributed by atoms with Gasteiger partial charge >= 0.3 is 5.97 Å². The molecule has 15 aliphatic rings. The fourth-order valence-corrected chi connectivity index (χ4v) is 30.8. The zero-order valence-electron chi connectivity index (χ0n) is 92.7. The maximum atomic E-state index is 14.9. The minimum absolute atomic E-state index is 0. The first kappa shape index (κ1) is 124. The zero-order valence-corrected chi connectivity index (χ0v) is 95.1. The van der Waals surface area contributed by atoms with Crippen LogP contribution in [0.25, 0.3) is 0 Å². The molecule has 30 heteroatoms. The summed E-state index contributed by atoms with van der Waals surface area (Å²) in [5.41, 5.74) is 18.0. The Morgan fingerprint density at radius 3 is 0.903 bits per heavy atom. The largest absolute Gasteiger partial charge is 0.480 e. The minimum Gasteiger partial charge on any atom is -0.480 e. The third-order valence-corrected chi connectivity index (χ3v) is 41.5. The van der Waals surface area contributed by atoms with Crippen molar-refractivity contribution in [2.45, 2.75) is 487 Å². The lowest BCUT2D eigenvalue weighted by molar-refractivity contribution is -0.147. The van der Waals surface area contributed by atoms with E-state index in [1.807, 2.05) is 99.9 Å². The van der Waals surface area contributed by atoms with Gasteiger partial charge in [-0.1, -0.05) is 226 Å². The molecule has 18 atom stereocenters. The van der Waals surface area contributed by atoms with Crippen LogP contribution in [-0.4, -0.2) is 199 Å². The Hall–Kier alpha value is -4.97. The van der Waals surface area contributed by atoms with E-state index >= 15 is 0 Å². The Morgan fingerprint density at radius 2 is 0.676 bits per heavy atom. The number of carboxylic acid groups (broad SMARTS) is 1. The molecule has 6 spiro atoms. The number of hydrogen-bond donors (Lipinski definition) is 9. The van der Waals surface area contributed by atoms with E-state index in [1.165, 1.54) is 64.2 Å². The lowest BCUT2D eigenvalue weighted by Gasteiger charge is -2.37. The standard InChI is InChI=1S/C39H64N2O5.C38H62N2O5.C29H48N2O4.C9H17NO2.ClHN4.2ClH/c1-8-13-27(34(45)32(44)20-25-16-17-25)21-30(42)29-23-39(37(5,6)38(39)18-12-19-38)24-41(29)35(46)28(36(2,3)4)22-31(43)33(40-7)26-14-10-9-11-15-26;1-7-12-26(33(44)31(43)19-24-15-16-24)20-29(41)28-22-38(36(5,6)37(38)17-11-18-37)23-40(28)34(45)27(35(2,3)4)21-30(42)32(39)25-13-9-8-10-14-25;1-7-9-19(23(34)22(33)14-18-10-11-18)15-21(32)20-16-29(27(5,6)28(29)12-8-13-28)17-31(20)25(35)24(30)26(2,3)4;1-10-8(9(11)12)7-5-3-2-4-6-7;1-3-5-4-2;;/h25-29,33-34,40,45H,8-24H2,1-7H3;24-28,32-33,44H,7-23,39H2,1-6H3;18-20,23-24,34H,7-17,30H2,1-6H3;7-8,10H,2-6H2,1H3,(H,11,12);2H;2*1H/t27-,28-,29+,33+,34?,39-;26-,27-,28+,32+,33?,38-;19-,20+,23?,24-,29-;8-;;;/m1110.../s1. The molecule has 0 aromatic heterocycles. The molecule has 0 aromatic carbocycles. The van der Waals surface area contributed by atoms with Gasteiger partial charge < -0.3 is 57.2 Å². The molecule has 3 unspecified atom stereocenters. The molecule has 0 radical (unpaired) electrons. The van der Waals surface area contributed by atoms with Crippen molar-refractivity contribution in [1.29, 1.82) is 5.53 Å². The monoisotopic (exact) mass is 2090 g/mol. The van der Waals surface area contributed by atoms with Crippen molar-refractivity contribution in [3.63, 3.8) is 0 Å². The van der Waals surface area contributed by atoms with Gasteiger partial charge in [0.1, 0.15) is 24.4 Å². The average Bonchev–Trinajstić information content (AvgIpc) is 1.46. The molecule has 15 rings (SSSR count). The number of nitrogens with one attached hydrogen (secondary N) is 3. The average molecular weight is 2090 g/mol. The van der Waals surface area contributed by atoms with Crippen LogP contribution in [0.3, 0.4) is 0 Å². The van der Waals surface area contributed by atoms with E-state index in [9.17, 15) is 72.9 Å². The molecule has 3 amide bonds. The van der Waals surface area contributed by atoms with Crippen LogP contribution in [0.5, 0.6) is 0 Å². The van der Waals surface area contributed by atoms with Gasteiger partial charge in [-0.25, -0.2) is 0 Å². The van der Waals surface area contributed by atoms with Gasteiger partial charge in [0.15, 0.2) is 46.3 Å². The van der Waals surface area contributed by atoms with Crippen molar-refractivity contribution in [2.75, 3.05) is 33.7 Å². The second-order valence-electron chi connectivity index (χ2n) is 53.2. The number of rotatable bonds is 43. The smallest absolute Gasteiger partial charge is 0.320 e. The van der Waals surface area contributed by atoms with Crippen molar-refractivity contribution in [1.82, 2.24) is 25.3 Å². The summed E-state index contributed by atoms with van der Waals surface area (Å²) in [4.78, 5) is 168. The van der Waals surface area contributed by atoms with Crippen molar-refractivity contribution < 1.29 is 78.0 Å². The van der Waals surface area contributed by atoms with Gasteiger partial charge in [0, 0.05) is 99.1 Å². The van der Waals surface area contributed by atoms with E-state index in [1.54, 1.807) is 11.9 Å². The number of hydrogen-bond acceptors (Lipinski definition) is 21. The number of aliphatic hydroxyl groups excluding tert-OH is 3. The van der Waals surface area contributed by atoms with Gasteiger partial charge in [-0.05, 0) is 281 Å². The van der Waals surface area contributed by atoms with Gasteiger partial charge in [-0.15, -0.1) is 24.8 Å². The summed E-state index contributed by atoms with van der Waals surface area (Å²) < 4.78 is 2.60. The Morgan fingerprint density at radius 1 is 0.393 bits per heavy atom. The highest BCUT2D eigenvalue weighted by Crippen LogP contribution is 2.91. The number of nitrogens with zero attached hydrogens (tertiary/aromatic N) is 6. The number of aliphatic carboxylic acids is 1. The fraction of sp³-hybridized carbons (Fsp3) is 0.896. The molecule has 826 valence electrons. The number of Topliss-reactive ketones (excluding diaryl/α,β-unsaturated/α-hetero) is 8. The van der Waals surface area contributed by atoms with E-state index in [2.05, 4.69) is 79.0 Å². The summed E-state index contributed by atoms with van der Waals surface area (Å²) in [5.74, 6) is -1.71. The Labute approximate surface area is 887 Å². The van der Waals surface area contributed by atoms with Gasteiger partial charge in [-0.3, -0.25) is 57.5 Å². The van der Waals surface area contributed by atoms with Gasteiger partial charge in [0.2, 0.25) is 17.7 Å². The molecule has 11 N–H and O–H groups in total. The maximum Gasteiger partial charge on any atom is 0.320 e. The second kappa shape index (κ2) is 50.1. The highest BCUT2D eigenvalue weighted by atomic mass is 35.5. The van der Waals surface area contributed by atoms with Crippen LogP contribution in [0.1, 0.15) is 426 Å². The third-order valence-electron chi connectivity index (χ3n) is 41.4. The molecule has 27 nitrogen and oxygen atoms in total.